The highest BCUT2D eigenvalue weighted by molar-refractivity contribution is 6.04. The van der Waals surface area contributed by atoms with Crippen LogP contribution in [0, 0.1) is 11.8 Å². The van der Waals surface area contributed by atoms with Crippen LogP contribution < -0.4 is 5.32 Å². The molecular weight excluding hydrogens is 298 g/mol. The number of hydrogen-bond donors (Lipinski definition) is 1. The van der Waals surface area contributed by atoms with Gasteiger partial charge in [-0.15, -0.1) is 0 Å². The third kappa shape index (κ3) is 4.92. The van der Waals surface area contributed by atoms with Gasteiger partial charge in [0.2, 0.25) is 5.91 Å². The monoisotopic (exact) mass is 325 g/mol. The molecule has 2 aromatic rings. The van der Waals surface area contributed by atoms with Crippen molar-refractivity contribution in [2.45, 2.75) is 47.0 Å². The number of nitrogens with one attached hydrogen (secondary N) is 1. The van der Waals surface area contributed by atoms with Crippen LogP contribution in [-0.4, -0.2) is 11.7 Å². The lowest BCUT2D eigenvalue weighted by Gasteiger charge is -2.13. The van der Waals surface area contributed by atoms with Gasteiger partial charge < -0.3 is 5.32 Å². The normalized spacial score (nSPS) is 11.2. The van der Waals surface area contributed by atoms with E-state index in [4.69, 9.17) is 0 Å². The predicted molar refractivity (Wildman–Crippen MR) is 100 cm³/mol. The molecule has 0 saturated carbocycles. The van der Waals surface area contributed by atoms with Gasteiger partial charge in [-0.3, -0.25) is 9.59 Å². The first kappa shape index (κ1) is 18.2. The van der Waals surface area contributed by atoms with Gasteiger partial charge in [-0.05, 0) is 28.9 Å². The molecule has 2 rings (SSSR count). The number of benzene rings is 2. The molecule has 0 spiro atoms. The molecule has 0 saturated heterocycles. The van der Waals surface area contributed by atoms with E-state index in [1.807, 2.05) is 50.2 Å². The number of ketones is 1. The van der Waals surface area contributed by atoms with Crippen LogP contribution in [0.1, 0.15) is 46.1 Å². The lowest BCUT2D eigenvalue weighted by molar-refractivity contribution is -0.119. The van der Waals surface area contributed by atoms with Crippen LogP contribution in [-0.2, 0) is 16.0 Å². The zero-order chi connectivity index (χ0) is 17.7. The lowest BCUT2D eigenvalue weighted by atomic mass is 9.96. The van der Waals surface area contributed by atoms with E-state index in [0.29, 0.717) is 31.1 Å². The average molecular weight is 325 g/mol. The van der Waals surface area contributed by atoms with Crippen molar-refractivity contribution in [3.63, 3.8) is 0 Å². The van der Waals surface area contributed by atoms with E-state index in [1.54, 1.807) is 0 Å². The summed E-state index contributed by atoms with van der Waals surface area (Å²) in [4.78, 5) is 24.3. The van der Waals surface area contributed by atoms with E-state index in [-0.39, 0.29) is 11.7 Å². The second kappa shape index (κ2) is 8.09. The summed E-state index contributed by atoms with van der Waals surface area (Å²) in [5, 5.41) is 5.03. The molecule has 0 aliphatic carbocycles. The van der Waals surface area contributed by atoms with Crippen LogP contribution in [0.3, 0.4) is 0 Å². The maximum Gasteiger partial charge on any atom is 0.224 e. The zero-order valence-electron chi connectivity index (χ0n) is 15.1. The number of Topliss-reactive ketones (excluding diaryl/α,β-unsaturated/α-hetero) is 1. The van der Waals surface area contributed by atoms with Gasteiger partial charge in [0, 0.05) is 30.3 Å². The first-order chi connectivity index (χ1) is 11.4. The highest BCUT2D eigenvalue weighted by atomic mass is 16.1. The van der Waals surface area contributed by atoms with E-state index < -0.39 is 0 Å². The third-order valence-electron chi connectivity index (χ3n) is 3.91. The molecular formula is C21H27NO2. The summed E-state index contributed by atoms with van der Waals surface area (Å²) >= 11 is 0. The molecule has 24 heavy (non-hydrogen) atoms. The molecule has 0 aromatic heterocycles. The summed E-state index contributed by atoms with van der Waals surface area (Å²) in [6, 6.07) is 11.8. The number of carbonyl (C=O) groups is 2. The van der Waals surface area contributed by atoms with E-state index in [2.05, 4.69) is 19.2 Å². The molecule has 0 radical (unpaired) electrons. The van der Waals surface area contributed by atoms with Crippen LogP contribution in [0.2, 0.25) is 0 Å². The Balaban J connectivity index is 2.29. The second-order valence-electron chi connectivity index (χ2n) is 7.28. The molecule has 0 heterocycles. The van der Waals surface area contributed by atoms with Gasteiger partial charge in [-0.2, -0.15) is 0 Å². The molecule has 0 aliphatic heterocycles. The van der Waals surface area contributed by atoms with Crippen molar-refractivity contribution in [2.75, 3.05) is 5.32 Å². The van der Waals surface area contributed by atoms with E-state index in [0.717, 1.165) is 22.0 Å². The van der Waals surface area contributed by atoms with Crippen molar-refractivity contribution < 1.29 is 9.59 Å². The van der Waals surface area contributed by atoms with Crippen LogP contribution in [0.15, 0.2) is 36.4 Å². The van der Waals surface area contributed by atoms with Crippen molar-refractivity contribution >= 4 is 28.2 Å². The Hall–Kier alpha value is -2.16. The standard InChI is InChI=1S/C21H27NO2/c1-14(2)11-17(23)13-16-9-10-20(22-21(24)12-15(3)4)19-8-6-5-7-18(16)19/h5-10,14-15H,11-13H2,1-4H3,(H,22,24). The minimum absolute atomic E-state index is 0.0267. The summed E-state index contributed by atoms with van der Waals surface area (Å²) in [5.41, 5.74) is 1.84. The van der Waals surface area contributed by atoms with Crippen LogP contribution >= 0.6 is 0 Å². The van der Waals surface area contributed by atoms with Crippen molar-refractivity contribution in [1.29, 1.82) is 0 Å². The molecule has 1 amide bonds. The molecule has 3 nitrogen and oxygen atoms in total. The van der Waals surface area contributed by atoms with E-state index >= 15 is 0 Å². The molecule has 1 N–H and O–H groups in total. The summed E-state index contributed by atoms with van der Waals surface area (Å²) < 4.78 is 0. The maximum atomic E-state index is 12.2. The molecule has 0 bridgehead atoms. The van der Waals surface area contributed by atoms with Gasteiger partial charge in [0.25, 0.3) is 0 Å². The van der Waals surface area contributed by atoms with Crippen LogP contribution in [0.5, 0.6) is 0 Å². The topological polar surface area (TPSA) is 46.2 Å². The van der Waals surface area contributed by atoms with Crippen LogP contribution in [0.4, 0.5) is 5.69 Å². The van der Waals surface area contributed by atoms with Gasteiger partial charge in [0.05, 0.1) is 0 Å². The van der Waals surface area contributed by atoms with Crippen LogP contribution in [0.25, 0.3) is 10.8 Å². The second-order valence-corrected chi connectivity index (χ2v) is 7.28. The Morgan fingerprint density at radius 2 is 1.50 bits per heavy atom. The molecule has 128 valence electrons. The summed E-state index contributed by atoms with van der Waals surface area (Å²) in [6.45, 7) is 8.18. The van der Waals surface area contributed by atoms with Gasteiger partial charge in [0.15, 0.2) is 0 Å². The maximum absolute atomic E-state index is 12.2. The largest absolute Gasteiger partial charge is 0.326 e. The fourth-order valence-electron chi connectivity index (χ4n) is 2.94. The molecule has 2 aromatic carbocycles. The zero-order valence-corrected chi connectivity index (χ0v) is 15.1. The number of hydrogen-bond acceptors (Lipinski definition) is 2. The number of rotatable bonds is 7. The highest BCUT2D eigenvalue weighted by Crippen LogP contribution is 2.28. The molecule has 3 heteroatoms. The number of carbonyl (C=O) groups excluding carboxylic acids is 2. The van der Waals surface area contributed by atoms with Crippen molar-refractivity contribution in [3.05, 3.63) is 42.0 Å². The van der Waals surface area contributed by atoms with Crippen molar-refractivity contribution in [3.8, 4) is 0 Å². The average Bonchev–Trinajstić information content (AvgIpc) is 2.48. The minimum atomic E-state index is 0.0267. The number of amides is 1. The SMILES string of the molecule is CC(C)CC(=O)Cc1ccc(NC(=O)CC(C)C)c2ccccc12. The Kier molecular flexibility index (Phi) is 6.13. The van der Waals surface area contributed by atoms with E-state index in [9.17, 15) is 9.59 Å². The Labute approximate surface area is 144 Å². The molecule has 0 fully saturated rings. The van der Waals surface area contributed by atoms with Gasteiger partial charge in [-0.1, -0.05) is 58.0 Å². The third-order valence-corrected chi connectivity index (χ3v) is 3.91. The Morgan fingerprint density at radius 3 is 2.12 bits per heavy atom. The van der Waals surface area contributed by atoms with Crippen molar-refractivity contribution in [1.82, 2.24) is 0 Å². The lowest BCUT2D eigenvalue weighted by Crippen LogP contribution is -2.14. The van der Waals surface area contributed by atoms with Gasteiger partial charge >= 0.3 is 0 Å². The fraction of sp³-hybridized carbons (Fsp3) is 0.429. The quantitative estimate of drug-likeness (QED) is 0.780. The first-order valence-corrected chi connectivity index (χ1v) is 8.69. The predicted octanol–water partition coefficient (Wildman–Crippen LogP) is 4.98. The van der Waals surface area contributed by atoms with Gasteiger partial charge in [-0.25, -0.2) is 0 Å². The minimum Gasteiger partial charge on any atom is -0.326 e. The summed E-state index contributed by atoms with van der Waals surface area (Å²) in [7, 11) is 0. The molecule has 0 atom stereocenters. The van der Waals surface area contributed by atoms with Gasteiger partial charge in [0.1, 0.15) is 5.78 Å². The van der Waals surface area contributed by atoms with Crippen molar-refractivity contribution in [2.24, 2.45) is 11.8 Å². The first-order valence-electron chi connectivity index (χ1n) is 8.69. The Morgan fingerprint density at radius 1 is 0.875 bits per heavy atom. The van der Waals surface area contributed by atoms with E-state index in [1.165, 1.54) is 0 Å². The number of anilines is 1. The molecule has 0 aliphatic rings. The summed E-state index contributed by atoms with van der Waals surface area (Å²) in [5.74, 6) is 0.980. The summed E-state index contributed by atoms with van der Waals surface area (Å²) in [6.07, 6.45) is 1.54. The molecule has 0 unspecified atom stereocenters. The Bertz CT molecular complexity index is 669. The number of fused-ring (bicyclic) bond motifs is 1. The smallest absolute Gasteiger partial charge is 0.224 e. The fourth-order valence-corrected chi connectivity index (χ4v) is 2.94. The highest BCUT2D eigenvalue weighted by Gasteiger charge is 2.12.